The van der Waals surface area contributed by atoms with Crippen LogP contribution in [-0.2, 0) is 47.7 Å². The van der Waals surface area contributed by atoms with E-state index in [4.69, 9.17) is 23.7 Å². The van der Waals surface area contributed by atoms with E-state index >= 15 is 4.79 Å². The third kappa shape index (κ3) is 8.30. The smallest absolute Gasteiger partial charge is 0.338 e. The zero-order valence-corrected chi connectivity index (χ0v) is 37.9. The van der Waals surface area contributed by atoms with Gasteiger partial charge in [0.15, 0.2) is 22.6 Å². The molecule has 65 heavy (non-hydrogen) atoms. The van der Waals surface area contributed by atoms with Crippen molar-refractivity contribution in [2.75, 3.05) is 6.61 Å². The van der Waals surface area contributed by atoms with E-state index < -0.39 is 117 Å². The van der Waals surface area contributed by atoms with Crippen molar-refractivity contribution in [2.45, 2.75) is 114 Å². The number of fused-ring (bicyclic) bond motifs is 5. The first-order chi connectivity index (χ1) is 30.7. The van der Waals surface area contributed by atoms with E-state index in [2.05, 4.69) is 5.32 Å². The molecular formula is C49H53NO14S. The normalized spacial score (nSPS) is 30.9. The highest BCUT2D eigenvalue weighted by molar-refractivity contribution is 8.14. The van der Waals surface area contributed by atoms with Crippen LogP contribution in [0, 0.1) is 16.7 Å². The molecule has 0 spiro atoms. The molecular weight excluding hydrogens is 859 g/mol. The van der Waals surface area contributed by atoms with Crippen LogP contribution in [0.3, 0.4) is 0 Å². The number of aliphatic hydroxyl groups is 2. The Balaban J connectivity index is 1.42. The zero-order valence-electron chi connectivity index (χ0n) is 37.1. The van der Waals surface area contributed by atoms with E-state index in [1.165, 1.54) is 26.0 Å². The van der Waals surface area contributed by atoms with Gasteiger partial charge in [-0.05, 0) is 54.8 Å². The Morgan fingerprint density at radius 1 is 0.815 bits per heavy atom. The number of esters is 4. The number of carbonyl (C=O) groups excluding carboxylic acids is 7. The molecule has 1 heterocycles. The fourth-order valence-electron chi connectivity index (χ4n) is 10.5. The van der Waals surface area contributed by atoms with Gasteiger partial charge in [-0.2, -0.15) is 0 Å². The highest BCUT2D eigenvalue weighted by atomic mass is 32.2. The van der Waals surface area contributed by atoms with Crippen molar-refractivity contribution in [1.29, 1.82) is 0 Å². The summed E-state index contributed by atoms with van der Waals surface area (Å²) in [5.74, 6) is -6.55. The van der Waals surface area contributed by atoms with Gasteiger partial charge in [0.2, 0.25) is 0 Å². The molecule has 0 unspecified atom stereocenters. The lowest BCUT2D eigenvalue weighted by atomic mass is 9.44. The zero-order chi connectivity index (χ0) is 47.2. The summed E-state index contributed by atoms with van der Waals surface area (Å²) in [6.07, 6.45) is -8.45. The highest BCUT2D eigenvalue weighted by Crippen LogP contribution is 2.64. The topological polar surface area (TPSA) is 218 Å². The molecule has 3 aliphatic carbocycles. The van der Waals surface area contributed by atoms with Crippen molar-refractivity contribution in [3.63, 3.8) is 0 Å². The Bertz CT molecular complexity index is 2410. The standard InChI is InChI=1S/C49H53NO14S/c1-26-33(62-45(58)39(65-29(4)53)37(30-17-11-8-12-18-30)50-43(56)31-19-13-9-14-20-31)24-49(59)42(63-44(57)32-21-15-10-16-22-32)40-47(7,34(54)23-35-48(40,25-60-35)64-28(3)52)41(55)38(61-27(2)51)36(26)46(49,5)6/h8-22,33-35,37-40,42,54,59H,23-25H2,1-7H3,(H,50,56)/t33-,34-,35+,37-,38+,39+,40-,42-,47+,48-,49+/m0/s1. The maximum Gasteiger partial charge on any atom is 0.338 e. The number of amides is 1. The maximum absolute atomic E-state index is 15.6. The maximum atomic E-state index is 15.6. The Morgan fingerprint density at radius 2 is 1.40 bits per heavy atom. The third-order valence-electron chi connectivity index (χ3n) is 13.8. The first kappa shape index (κ1) is 47.3. The van der Waals surface area contributed by atoms with Crippen LogP contribution in [-0.4, -0.2) is 104 Å². The summed E-state index contributed by atoms with van der Waals surface area (Å²) in [4.78, 5) is 97.7. The molecule has 3 fully saturated rings. The van der Waals surface area contributed by atoms with Crippen LogP contribution in [0.4, 0.5) is 0 Å². The number of aliphatic hydroxyl groups excluding tert-OH is 1. The van der Waals surface area contributed by atoms with E-state index in [0.717, 1.165) is 13.8 Å². The monoisotopic (exact) mass is 911 g/mol. The molecule has 4 aliphatic rings. The molecule has 0 aromatic heterocycles. The fourth-order valence-corrected chi connectivity index (χ4v) is 11.3. The van der Waals surface area contributed by atoms with Crippen molar-refractivity contribution < 1.29 is 67.5 Å². The van der Waals surface area contributed by atoms with Crippen LogP contribution < -0.4 is 5.32 Å². The van der Waals surface area contributed by atoms with Crippen LogP contribution in [0.2, 0.25) is 0 Å². The quantitative estimate of drug-likeness (QED) is 0.131. The van der Waals surface area contributed by atoms with Gasteiger partial charge in [0, 0.05) is 44.6 Å². The molecule has 0 radical (unpaired) electrons. The summed E-state index contributed by atoms with van der Waals surface area (Å²) >= 11 is 0.619. The minimum absolute atomic E-state index is 0.0122. The number of ketones is 1. The minimum Gasteiger partial charge on any atom is -0.457 e. The summed E-state index contributed by atoms with van der Waals surface area (Å²) in [5, 5.41) is 26.9. The molecule has 11 atom stereocenters. The van der Waals surface area contributed by atoms with Crippen molar-refractivity contribution in [1.82, 2.24) is 5.32 Å². The summed E-state index contributed by atoms with van der Waals surface area (Å²) in [6, 6.07) is 23.5. The molecule has 1 aliphatic heterocycles. The summed E-state index contributed by atoms with van der Waals surface area (Å²) in [6.45, 7) is 9.31. The Labute approximate surface area is 380 Å². The molecule has 7 rings (SSSR count). The minimum atomic E-state index is -2.39. The second-order valence-electron chi connectivity index (χ2n) is 17.9. The molecule has 2 bridgehead atoms. The third-order valence-corrected chi connectivity index (χ3v) is 14.8. The Morgan fingerprint density at radius 3 is 1.94 bits per heavy atom. The highest BCUT2D eigenvalue weighted by Gasteiger charge is 2.78. The number of thioether (sulfide) groups is 1. The lowest BCUT2D eigenvalue weighted by Gasteiger charge is -2.67. The molecule has 1 saturated heterocycles. The fraction of sp³-hybridized carbons (Fsp3) is 0.449. The van der Waals surface area contributed by atoms with Gasteiger partial charge >= 0.3 is 23.9 Å². The molecule has 3 N–H and O–H groups in total. The van der Waals surface area contributed by atoms with Crippen LogP contribution in [0.15, 0.2) is 102 Å². The predicted octanol–water partition coefficient (Wildman–Crippen LogP) is 5.02. The number of Topliss-reactive ketones (excluding diaryl/α,β-unsaturated/α-hetero) is 1. The average Bonchev–Trinajstić information content (AvgIpc) is 3.26. The number of hydrogen-bond acceptors (Lipinski definition) is 15. The summed E-state index contributed by atoms with van der Waals surface area (Å²) in [7, 11) is 0. The largest absolute Gasteiger partial charge is 0.457 e. The van der Waals surface area contributed by atoms with Gasteiger partial charge < -0.3 is 39.2 Å². The van der Waals surface area contributed by atoms with Gasteiger partial charge in [-0.25, -0.2) is 4.79 Å². The Kier molecular flexibility index (Phi) is 13.1. The van der Waals surface area contributed by atoms with Gasteiger partial charge in [0.1, 0.15) is 29.2 Å². The average molecular weight is 912 g/mol. The molecule has 16 heteroatoms. The molecule has 3 aromatic rings. The second kappa shape index (κ2) is 17.9. The van der Waals surface area contributed by atoms with E-state index in [0.29, 0.717) is 17.3 Å². The molecule has 15 nitrogen and oxygen atoms in total. The van der Waals surface area contributed by atoms with Gasteiger partial charge in [-0.1, -0.05) is 92.3 Å². The molecule has 3 aromatic carbocycles. The first-order valence-electron chi connectivity index (χ1n) is 21.4. The van der Waals surface area contributed by atoms with Crippen molar-refractivity contribution >= 4 is 52.4 Å². The van der Waals surface area contributed by atoms with Crippen LogP contribution >= 0.6 is 11.8 Å². The van der Waals surface area contributed by atoms with E-state index in [1.54, 1.807) is 99.6 Å². The summed E-state index contributed by atoms with van der Waals surface area (Å²) < 4.78 is 30.7. The number of benzene rings is 3. The van der Waals surface area contributed by atoms with E-state index in [-0.39, 0.29) is 35.3 Å². The lowest BCUT2D eigenvalue weighted by Crippen LogP contribution is -2.82. The molecule has 2 saturated carbocycles. The van der Waals surface area contributed by atoms with Gasteiger partial charge in [-0.3, -0.25) is 28.8 Å². The number of rotatable bonds is 11. The number of carbonyl (C=O) groups is 7. The molecule has 1 amide bonds. The van der Waals surface area contributed by atoms with Crippen LogP contribution in [0.5, 0.6) is 0 Å². The van der Waals surface area contributed by atoms with E-state index in [9.17, 15) is 39.0 Å². The van der Waals surface area contributed by atoms with Crippen molar-refractivity contribution in [2.24, 2.45) is 16.7 Å². The van der Waals surface area contributed by atoms with Crippen LogP contribution in [0.25, 0.3) is 0 Å². The van der Waals surface area contributed by atoms with Crippen molar-refractivity contribution in [3.05, 3.63) is 119 Å². The van der Waals surface area contributed by atoms with Gasteiger partial charge in [0.25, 0.3) is 5.91 Å². The number of hydrogen-bond donors (Lipinski definition) is 3. The Hall–Kier alpha value is -5.68. The van der Waals surface area contributed by atoms with Crippen molar-refractivity contribution in [3.8, 4) is 0 Å². The SMILES string of the molecule is CC(=O)O[C@H]1C(=O)[C@@]2(C)[C@H]([C@H](OC(=O)c3ccccc3)[C@]3(O)C[C@H](OC(=O)[C@H](SC(C)=O)[C@@H](NC(=O)c4ccccc4)c4ccccc4)C(C)=C1C3(C)C)[C@]1(OC(C)=O)CO[C@@H]1C[C@@H]2O. The molecule has 344 valence electrons. The first-order valence-corrected chi connectivity index (χ1v) is 22.2. The van der Waals surface area contributed by atoms with Gasteiger partial charge in [-0.15, -0.1) is 0 Å². The number of nitrogens with one attached hydrogen (secondary N) is 1. The summed E-state index contributed by atoms with van der Waals surface area (Å²) in [5.41, 5.74) is -6.87. The van der Waals surface area contributed by atoms with E-state index in [1.807, 2.05) is 0 Å². The van der Waals surface area contributed by atoms with Gasteiger partial charge in [0.05, 0.1) is 35.6 Å². The predicted molar refractivity (Wildman–Crippen MR) is 234 cm³/mol. The number of ether oxygens (including phenoxy) is 5. The second-order valence-corrected chi connectivity index (χ2v) is 19.3. The lowest BCUT2D eigenvalue weighted by molar-refractivity contribution is -0.346. The van der Waals surface area contributed by atoms with Crippen LogP contribution in [0.1, 0.15) is 93.6 Å².